The number of nitrogens with one attached hydrogen (secondary N) is 1. The topological polar surface area (TPSA) is 77.0 Å². The summed E-state index contributed by atoms with van der Waals surface area (Å²) in [6.07, 6.45) is 1.36. The summed E-state index contributed by atoms with van der Waals surface area (Å²) in [5, 5.41) is 13.8. The van der Waals surface area contributed by atoms with Gasteiger partial charge in [0.15, 0.2) is 6.29 Å². The Morgan fingerprint density at radius 2 is 2.08 bits per heavy atom. The van der Waals surface area contributed by atoms with Crippen LogP contribution < -0.4 is 10.1 Å². The SMILES string of the molecule is COc1ccc2c(C3COC(CCCNCC(=O)O)OC3)cccc2c1. The second-order valence-corrected chi connectivity index (χ2v) is 6.44. The molecule has 6 heteroatoms. The lowest BCUT2D eigenvalue weighted by Crippen LogP contribution is -2.32. The van der Waals surface area contributed by atoms with Crippen LogP contribution in [-0.2, 0) is 14.3 Å². The van der Waals surface area contributed by atoms with Gasteiger partial charge in [-0.1, -0.05) is 24.3 Å². The van der Waals surface area contributed by atoms with Crippen molar-refractivity contribution in [3.8, 4) is 5.75 Å². The van der Waals surface area contributed by atoms with E-state index in [9.17, 15) is 4.79 Å². The Kier molecular flexibility index (Phi) is 6.44. The molecule has 1 saturated heterocycles. The number of fused-ring (bicyclic) bond motifs is 1. The van der Waals surface area contributed by atoms with Gasteiger partial charge in [-0.05, 0) is 47.9 Å². The third-order valence-electron chi connectivity index (χ3n) is 4.60. The van der Waals surface area contributed by atoms with Crippen molar-refractivity contribution >= 4 is 16.7 Å². The lowest BCUT2D eigenvalue weighted by molar-refractivity contribution is -0.189. The Morgan fingerprint density at radius 1 is 1.27 bits per heavy atom. The fourth-order valence-corrected chi connectivity index (χ4v) is 3.25. The summed E-state index contributed by atoms with van der Waals surface area (Å²) in [5.74, 6) is 0.210. The number of methoxy groups -OCH3 is 1. The highest BCUT2D eigenvalue weighted by Crippen LogP contribution is 2.31. The van der Waals surface area contributed by atoms with Gasteiger partial charge in [0.2, 0.25) is 0 Å². The number of aliphatic carboxylic acids is 1. The molecule has 0 saturated carbocycles. The lowest BCUT2D eigenvalue weighted by Gasteiger charge is -2.30. The van der Waals surface area contributed by atoms with Crippen molar-refractivity contribution in [3.05, 3.63) is 42.0 Å². The Labute approximate surface area is 153 Å². The van der Waals surface area contributed by atoms with E-state index in [0.717, 1.165) is 24.0 Å². The highest BCUT2D eigenvalue weighted by Gasteiger charge is 2.24. The van der Waals surface area contributed by atoms with Crippen molar-refractivity contribution in [3.63, 3.8) is 0 Å². The predicted octanol–water partition coefficient (Wildman–Crippen LogP) is 2.76. The molecular weight excluding hydrogens is 334 g/mol. The zero-order chi connectivity index (χ0) is 18.4. The molecule has 0 aromatic heterocycles. The molecule has 2 aromatic rings. The second-order valence-electron chi connectivity index (χ2n) is 6.44. The molecule has 3 rings (SSSR count). The second kappa shape index (κ2) is 8.98. The van der Waals surface area contributed by atoms with Crippen LogP contribution in [0.3, 0.4) is 0 Å². The zero-order valence-electron chi connectivity index (χ0n) is 14.9. The third kappa shape index (κ3) is 4.72. The lowest BCUT2D eigenvalue weighted by atomic mass is 9.94. The maximum atomic E-state index is 10.4. The number of hydrogen-bond donors (Lipinski definition) is 2. The minimum atomic E-state index is -0.842. The van der Waals surface area contributed by atoms with Crippen LogP contribution in [0.2, 0.25) is 0 Å². The van der Waals surface area contributed by atoms with Crippen LogP contribution in [0, 0.1) is 0 Å². The molecule has 1 aliphatic rings. The molecule has 6 nitrogen and oxygen atoms in total. The number of carbonyl (C=O) groups is 1. The fraction of sp³-hybridized carbons (Fsp3) is 0.450. The Hall–Kier alpha value is -2.15. The monoisotopic (exact) mass is 359 g/mol. The highest BCUT2D eigenvalue weighted by atomic mass is 16.7. The predicted molar refractivity (Wildman–Crippen MR) is 98.7 cm³/mol. The first-order valence-electron chi connectivity index (χ1n) is 8.89. The van der Waals surface area contributed by atoms with Crippen molar-refractivity contribution in [2.45, 2.75) is 25.0 Å². The molecule has 1 fully saturated rings. The van der Waals surface area contributed by atoms with E-state index < -0.39 is 5.97 Å². The Balaban J connectivity index is 1.53. The first-order valence-corrected chi connectivity index (χ1v) is 8.89. The van der Waals surface area contributed by atoms with Gasteiger partial charge in [0, 0.05) is 5.92 Å². The number of benzene rings is 2. The van der Waals surface area contributed by atoms with Gasteiger partial charge in [0.05, 0.1) is 26.9 Å². The van der Waals surface area contributed by atoms with Crippen LogP contribution in [0.4, 0.5) is 0 Å². The number of rotatable bonds is 8. The Bertz CT molecular complexity index is 740. The van der Waals surface area contributed by atoms with Crippen molar-refractivity contribution in [2.24, 2.45) is 0 Å². The van der Waals surface area contributed by atoms with Crippen molar-refractivity contribution < 1.29 is 24.1 Å². The molecule has 0 radical (unpaired) electrons. The van der Waals surface area contributed by atoms with Crippen LogP contribution in [0.25, 0.3) is 10.8 Å². The van der Waals surface area contributed by atoms with Crippen LogP contribution in [0.5, 0.6) is 5.75 Å². The van der Waals surface area contributed by atoms with Crippen LogP contribution >= 0.6 is 0 Å². The molecule has 140 valence electrons. The molecule has 1 heterocycles. The largest absolute Gasteiger partial charge is 0.497 e. The normalized spacial score (nSPS) is 20.2. The van der Waals surface area contributed by atoms with Gasteiger partial charge in [-0.3, -0.25) is 4.79 Å². The summed E-state index contributed by atoms with van der Waals surface area (Å²) >= 11 is 0. The van der Waals surface area contributed by atoms with Gasteiger partial charge in [-0.25, -0.2) is 0 Å². The van der Waals surface area contributed by atoms with E-state index >= 15 is 0 Å². The zero-order valence-corrected chi connectivity index (χ0v) is 14.9. The standard InChI is InChI=1S/C20H25NO5/c1-24-16-7-8-18-14(10-16)4-2-5-17(18)15-12-25-20(26-13-15)6-3-9-21-11-19(22)23/h2,4-5,7-8,10,15,20-21H,3,6,9,11-13H2,1H3,(H,22,23). The summed E-state index contributed by atoms with van der Waals surface area (Å²) in [5.41, 5.74) is 1.23. The maximum absolute atomic E-state index is 10.4. The number of carboxylic acids is 1. The molecule has 0 aliphatic carbocycles. The summed E-state index contributed by atoms with van der Waals surface area (Å²) in [6.45, 7) is 1.88. The number of carboxylic acid groups (broad SMARTS) is 1. The van der Waals surface area contributed by atoms with E-state index in [1.807, 2.05) is 12.1 Å². The quantitative estimate of drug-likeness (QED) is 0.706. The molecule has 0 unspecified atom stereocenters. The molecular formula is C20H25NO5. The summed E-state index contributed by atoms with van der Waals surface area (Å²) in [4.78, 5) is 10.4. The van der Waals surface area contributed by atoms with Gasteiger partial charge in [0.25, 0.3) is 0 Å². The molecule has 2 aromatic carbocycles. The maximum Gasteiger partial charge on any atom is 0.317 e. The molecule has 0 bridgehead atoms. The van der Waals surface area contributed by atoms with Crippen LogP contribution in [-0.4, -0.2) is 50.8 Å². The van der Waals surface area contributed by atoms with E-state index in [2.05, 4.69) is 29.6 Å². The highest BCUT2D eigenvalue weighted by molar-refractivity contribution is 5.87. The molecule has 0 atom stereocenters. The van der Waals surface area contributed by atoms with Gasteiger partial charge in [0.1, 0.15) is 5.75 Å². The Morgan fingerprint density at radius 3 is 2.81 bits per heavy atom. The smallest absolute Gasteiger partial charge is 0.317 e. The summed E-state index contributed by atoms with van der Waals surface area (Å²) in [7, 11) is 1.67. The first-order chi connectivity index (χ1) is 12.7. The molecule has 1 aliphatic heterocycles. The minimum absolute atomic E-state index is 0.0136. The third-order valence-corrected chi connectivity index (χ3v) is 4.60. The molecule has 0 spiro atoms. The van der Waals surface area contributed by atoms with Gasteiger partial charge in [-0.2, -0.15) is 0 Å². The fourth-order valence-electron chi connectivity index (χ4n) is 3.25. The van der Waals surface area contributed by atoms with E-state index in [1.165, 1.54) is 10.9 Å². The molecule has 0 amide bonds. The summed E-state index contributed by atoms with van der Waals surface area (Å²) < 4.78 is 17.1. The van der Waals surface area contributed by atoms with Crippen molar-refractivity contribution in [2.75, 3.05) is 33.4 Å². The number of ether oxygens (including phenoxy) is 3. The van der Waals surface area contributed by atoms with Gasteiger partial charge < -0.3 is 24.6 Å². The first kappa shape index (κ1) is 18.6. The van der Waals surface area contributed by atoms with E-state index in [4.69, 9.17) is 19.3 Å². The molecule has 26 heavy (non-hydrogen) atoms. The average molecular weight is 359 g/mol. The average Bonchev–Trinajstić information content (AvgIpc) is 2.67. The van der Waals surface area contributed by atoms with Crippen LogP contribution in [0.15, 0.2) is 36.4 Å². The van der Waals surface area contributed by atoms with Crippen LogP contribution in [0.1, 0.15) is 24.3 Å². The minimum Gasteiger partial charge on any atom is -0.497 e. The van der Waals surface area contributed by atoms with Crippen molar-refractivity contribution in [1.82, 2.24) is 5.32 Å². The van der Waals surface area contributed by atoms with E-state index in [0.29, 0.717) is 19.8 Å². The molecule has 2 N–H and O–H groups in total. The number of hydrogen-bond acceptors (Lipinski definition) is 5. The van der Waals surface area contributed by atoms with Gasteiger partial charge >= 0.3 is 5.97 Å². The van der Waals surface area contributed by atoms with Gasteiger partial charge in [-0.15, -0.1) is 0 Å². The summed E-state index contributed by atoms with van der Waals surface area (Å²) in [6, 6.07) is 12.4. The van der Waals surface area contributed by atoms with E-state index in [-0.39, 0.29) is 18.8 Å². The van der Waals surface area contributed by atoms with Crippen molar-refractivity contribution in [1.29, 1.82) is 0 Å². The van der Waals surface area contributed by atoms with E-state index in [1.54, 1.807) is 7.11 Å².